The number of carbonyl (C=O) groups is 4. The maximum atomic E-state index is 14.1. The number of furan rings is 1. The zero-order valence-corrected chi connectivity index (χ0v) is 27.4. The average molecular weight is 683 g/mol. The number of carboxylic acids is 2. The number of hydrogen-bond donors (Lipinski definition) is 3. The molecular formula is C37H34N2O9S. The van der Waals surface area contributed by atoms with Gasteiger partial charge in [0.25, 0.3) is 5.91 Å². The summed E-state index contributed by atoms with van der Waals surface area (Å²) >= 11 is 1.53. The van der Waals surface area contributed by atoms with Gasteiger partial charge in [-0.2, -0.15) is 0 Å². The monoisotopic (exact) mass is 682 g/mol. The molecule has 0 radical (unpaired) electrons. The quantitative estimate of drug-likeness (QED) is 0.115. The van der Waals surface area contributed by atoms with Crippen molar-refractivity contribution in [3.8, 4) is 11.5 Å². The van der Waals surface area contributed by atoms with E-state index in [4.69, 9.17) is 13.9 Å². The van der Waals surface area contributed by atoms with Crippen molar-refractivity contribution in [3.63, 3.8) is 0 Å². The van der Waals surface area contributed by atoms with Crippen LogP contribution in [0.15, 0.2) is 95.4 Å². The molecule has 12 heteroatoms. The molecule has 0 bridgehead atoms. The molecule has 3 heterocycles. The number of amides is 2. The van der Waals surface area contributed by atoms with E-state index >= 15 is 0 Å². The number of carboxylic acid groups (broad SMARTS) is 2. The van der Waals surface area contributed by atoms with Crippen molar-refractivity contribution in [2.24, 2.45) is 5.92 Å². The lowest BCUT2D eigenvalue weighted by Crippen LogP contribution is -2.43. The van der Waals surface area contributed by atoms with Gasteiger partial charge in [-0.3, -0.25) is 19.2 Å². The first-order valence-electron chi connectivity index (χ1n) is 15.7. The first-order chi connectivity index (χ1) is 23.6. The third-order valence-electron chi connectivity index (χ3n) is 8.55. The van der Waals surface area contributed by atoms with Gasteiger partial charge in [-0.05, 0) is 66.4 Å². The zero-order valence-electron chi connectivity index (χ0n) is 26.5. The van der Waals surface area contributed by atoms with Gasteiger partial charge in [-0.25, -0.2) is 0 Å². The van der Waals surface area contributed by atoms with Crippen LogP contribution in [0.1, 0.15) is 52.4 Å². The number of para-hydroxylation sites is 1. The second kappa shape index (κ2) is 14.7. The average Bonchev–Trinajstić information content (AvgIpc) is 3.85. The number of nitrogens with zero attached hydrogens (tertiary/aromatic N) is 1. The van der Waals surface area contributed by atoms with Crippen LogP contribution in [-0.2, 0) is 27.3 Å². The summed E-state index contributed by atoms with van der Waals surface area (Å²) in [6.07, 6.45) is -0.902. The Morgan fingerprint density at radius 3 is 2.39 bits per heavy atom. The maximum Gasteiger partial charge on any atom is 0.307 e. The fraction of sp³-hybridized carbons (Fsp3) is 0.243. The van der Waals surface area contributed by atoms with E-state index in [0.29, 0.717) is 22.9 Å². The van der Waals surface area contributed by atoms with Crippen molar-refractivity contribution in [3.05, 3.63) is 113 Å². The molecular weight excluding hydrogens is 648 g/mol. The van der Waals surface area contributed by atoms with E-state index in [1.54, 1.807) is 35.2 Å². The summed E-state index contributed by atoms with van der Waals surface area (Å²) in [5, 5.41) is 23.0. The smallest absolute Gasteiger partial charge is 0.307 e. The predicted octanol–water partition coefficient (Wildman–Crippen LogP) is 6.78. The minimum Gasteiger partial charge on any atom is -0.481 e. The molecule has 252 valence electrons. The molecule has 3 N–H and O–H groups in total. The summed E-state index contributed by atoms with van der Waals surface area (Å²) in [6.45, 7) is 2.12. The summed E-state index contributed by atoms with van der Waals surface area (Å²) in [7, 11) is 0. The largest absolute Gasteiger partial charge is 0.481 e. The normalized spacial score (nSPS) is 13.8. The van der Waals surface area contributed by atoms with Gasteiger partial charge in [0, 0.05) is 40.1 Å². The molecule has 0 aliphatic carbocycles. The first-order valence-corrected chi connectivity index (χ1v) is 16.5. The molecule has 3 atom stereocenters. The fourth-order valence-electron chi connectivity index (χ4n) is 6.00. The molecule has 5 aromatic rings. The molecule has 1 aliphatic rings. The molecule has 2 aromatic heterocycles. The van der Waals surface area contributed by atoms with Crippen LogP contribution < -0.4 is 14.8 Å². The molecule has 1 aliphatic heterocycles. The van der Waals surface area contributed by atoms with Crippen LogP contribution in [0, 0.1) is 5.92 Å². The van der Waals surface area contributed by atoms with Gasteiger partial charge in [0.1, 0.15) is 5.76 Å². The van der Waals surface area contributed by atoms with E-state index in [9.17, 15) is 29.4 Å². The summed E-state index contributed by atoms with van der Waals surface area (Å²) in [6, 6.07) is 27.1. The highest BCUT2D eigenvalue weighted by molar-refractivity contribution is 7.19. The Morgan fingerprint density at radius 2 is 1.63 bits per heavy atom. The van der Waals surface area contributed by atoms with Crippen molar-refractivity contribution in [2.45, 2.75) is 44.7 Å². The van der Waals surface area contributed by atoms with E-state index in [2.05, 4.69) is 5.32 Å². The number of hydrogen-bond acceptors (Lipinski definition) is 8. The number of carbonyl (C=O) groups excluding carboxylic acids is 2. The van der Waals surface area contributed by atoms with Crippen molar-refractivity contribution in [2.75, 3.05) is 12.1 Å². The third kappa shape index (κ3) is 7.92. The predicted molar refractivity (Wildman–Crippen MR) is 182 cm³/mol. The minimum atomic E-state index is -1.40. The number of anilines is 1. The van der Waals surface area contributed by atoms with Crippen molar-refractivity contribution >= 4 is 50.9 Å². The van der Waals surface area contributed by atoms with Crippen molar-refractivity contribution < 1.29 is 43.3 Å². The summed E-state index contributed by atoms with van der Waals surface area (Å²) < 4.78 is 18.3. The highest BCUT2D eigenvalue weighted by Gasteiger charge is 2.34. The molecule has 0 saturated carbocycles. The van der Waals surface area contributed by atoms with E-state index < -0.39 is 54.5 Å². The number of rotatable bonds is 14. The third-order valence-corrected chi connectivity index (χ3v) is 9.65. The number of ether oxygens (including phenoxy) is 2. The van der Waals surface area contributed by atoms with Crippen LogP contribution in [0.4, 0.5) is 5.69 Å². The van der Waals surface area contributed by atoms with Gasteiger partial charge in [0.05, 0.1) is 18.9 Å². The Labute approximate surface area is 285 Å². The molecule has 11 nitrogen and oxygen atoms in total. The topological polar surface area (TPSA) is 156 Å². The number of nitrogens with one attached hydrogen (secondary N) is 1. The van der Waals surface area contributed by atoms with Crippen LogP contribution in [0.3, 0.4) is 0 Å². The van der Waals surface area contributed by atoms with Crippen LogP contribution in [0.25, 0.3) is 10.1 Å². The summed E-state index contributed by atoms with van der Waals surface area (Å²) in [5.41, 5.74) is 1.42. The molecule has 0 fully saturated rings. The highest BCUT2D eigenvalue weighted by atomic mass is 32.1. The zero-order chi connectivity index (χ0) is 34.5. The standard InChI is InChI=1S/C37H34N2O9S/c1-22(39(34(40)17-25(37(44)45)18-35(41)42)20-28-15-24-7-5-6-10-33(24)49-28)29(23-11-13-30-32(16-23)47-21-46-30)19-27-12-14-31(48-27)36(43)38-26-8-3-2-4-9-26/h2-16,22,25,29H,17-21H2,1H3,(H,38,43)(H,41,42)(H,44,45)/t22-,25-,29+/m1/s1. The van der Waals surface area contributed by atoms with Gasteiger partial charge in [-0.15, -0.1) is 11.3 Å². The van der Waals surface area contributed by atoms with Crippen LogP contribution in [-0.4, -0.2) is 51.7 Å². The first kappa shape index (κ1) is 33.3. The SMILES string of the molecule is C[C@H]([C@H](Cc1ccc(C(=O)Nc2ccccc2)o1)c1ccc2c(c1)OCO2)N(Cc1cc2ccccc2s1)C(=O)C[C@H](CC(=O)O)C(=O)O. The number of thiophene rings is 1. The number of fused-ring (bicyclic) bond motifs is 2. The molecule has 3 aromatic carbocycles. The Hall–Kier alpha value is -5.62. The fourth-order valence-corrected chi connectivity index (χ4v) is 7.06. The van der Waals surface area contributed by atoms with Crippen LogP contribution in [0.5, 0.6) is 11.5 Å². The Morgan fingerprint density at radius 1 is 0.878 bits per heavy atom. The van der Waals surface area contributed by atoms with Gasteiger partial charge >= 0.3 is 11.9 Å². The van der Waals surface area contributed by atoms with Gasteiger partial charge in [0.15, 0.2) is 17.3 Å². The maximum absolute atomic E-state index is 14.1. The van der Waals surface area contributed by atoms with E-state index in [-0.39, 0.29) is 25.5 Å². The molecule has 2 amide bonds. The van der Waals surface area contributed by atoms with E-state index in [1.165, 1.54) is 11.3 Å². The lowest BCUT2D eigenvalue weighted by molar-refractivity contribution is -0.151. The lowest BCUT2D eigenvalue weighted by atomic mass is 9.86. The summed E-state index contributed by atoms with van der Waals surface area (Å²) in [5.74, 6) is -3.63. The minimum absolute atomic E-state index is 0.0772. The molecule has 0 spiro atoms. The lowest BCUT2D eigenvalue weighted by Gasteiger charge is -2.35. The Kier molecular flexibility index (Phi) is 9.95. The van der Waals surface area contributed by atoms with Gasteiger partial charge < -0.3 is 34.3 Å². The Bertz CT molecular complexity index is 1950. The van der Waals surface area contributed by atoms with Crippen LogP contribution >= 0.6 is 11.3 Å². The highest BCUT2D eigenvalue weighted by Crippen LogP contribution is 2.38. The second-order valence-corrected chi connectivity index (χ2v) is 13.0. The van der Waals surface area contributed by atoms with E-state index in [1.807, 2.05) is 67.6 Å². The van der Waals surface area contributed by atoms with Gasteiger partial charge in [0.2, 0.25) is 12.7 Å². The second-order valence-electron chi connectivity index (χ2n) is 11.9. The van der Waals surface area contributed by atoms with Gasteiger partial charge in [-0.1, -0.05) is 42.5 Å². The number of aliphatic carboxylic acids is 2. The van der Waals surface area contributed by atoms with Crippen LogP contribution in [0.2, 0.25) is 0 Å². The molecule has 6 rings (SSSR count). The van der Waals surface area contributed by atoms with Crippen molar-refractivity contribution in [1.82, 2.24) is 4.90 Å². The summed E-state index contributed by atoms with van der Waals surface area (Å²) in [4.78, 5) is 53.1. The molecule has 0 saturated heterocycles. The number of benzene rings is 3. The molecule has 0 unspecified atom stereocenters. The Balaban J connectivity index is 1.34. The molecule has 49 heavy (non-hydrogen) atoms. The van der Waals surface area contributed by atoms with E-state index in [0.717, 1.165) is 20.5 Å². The van der Waals surface area contributed by atoms with Crippen molar-refractivity contribution in [1.29, 1.82) is 0 Å².